The predicted molar refractivity (Wildman–Crippen MR) is 99.8 cm³/mol. The number of nitrogens with zero attached hydrogens (tertiary/aromatic N) is 3. The lowest BCUT2D eigenvalue weighted by molar-refractivity contribution is -0.0500. The summed E-state index contributed by atoms with van der Waals surface area (Å²) < 4.78 is 1.63. The van der Waals surface area contributed by atoms with E-state index in [-0.39, 0.29) is 6.54 Å². The van der Waals surface area contributed by atoms with Gasteiger partial charge in [-0.2, -0.15) is 5.10 Å². The van der Waals surface area contributed by atoms with Crippen molar-refractivity contribution >= 4 is 23.2 Å². The lowest BCUT2D eigenvalue weighted by Gasteiger charge is -2.43. The van der Waals surface area contributed by atoms with E-state index in [2.05, 4.69) is 10.1 Å². The molecular formula is C19H19Cl2N3O. The van der Waals surface area contributed by atoms with Gasteiger partial charge in [0.1, 0.15) is 18.3 Å². The molecule has 0 radical (unpaired) electrons. The highest BCUT2D eigenvalue weighted by atomic mass is 35.5. The van der Waals surface area contributed by atoms with E-state index in [9.17, 15) is 5.11 Å². The smallest absolute Gasteiger partial charge is 0.137 e. The fourth-order valence-electron chi connectivity index (χ4n) is 3.03. The third-order valence-corrected chi connectivity index (χ3v) is 5.28. The Labute approximate surface area is 157 Å². The fourth-order valence-corrected chi connectivity index (χ4v) is 3.28. The minimum absolute atomic E-state index is 0.254. The zero-order valence-electron chi connectivity index (χ0n) is 14.0. The number of aliphatic hydroxyl groups is 1. The molecule has 0 fully saturated rings. The molecule has 1 aromatic heterocycles. The number of aromatic nitrogens is 3. The largest absolute Gasteiger partial charge is 0.382 e. The molecule has 1 N–H and O–H groups in total. The molecule has 25 heavy (non-hydrogen) atoms. The van der Waals surface area contributed by atoms with Crippen LogP contribution < -0.4 is 0 Å². The van der Waals surface area contributed by atoms with Gasteiger partial charge in [-0.3, -0.25) is 0 Å². The van der Waals surface area contributed by atoms with Crippen molar-refractivity contribution in [3.05, 3.63) is 82.4 Å². The number of hydrogen-bond acceptors (Lipinski definition) is 3. The van der Waals surface area contributed by atoms with Gasteiger partial charge in [0.15, 0.2) is 0 Å². The molecule has 1 atom stereocenters. The van der Waals surface area contributed by atoms with Gasteiger partial charge in [-0.05, 0) is 35.4 Å². The van der Waals surface area contributed by atoms with E-state index in [4.69, 9.17) is 23.2 Å². The van der Waals surface area contributed by atoms with E-state index in [1.807, 2.05) is 50.2 Å². The van der Waals surface area contributed by atoms with Crippen LogP contribution in [0.4, 0.5) is 0 Å². The Hall–Kier alpha value is -1.88. The second-order valence-corrected chi connectivity index (χ2v) is 7.46. The normalized spacial score (nSPS) is 14.3. The quantitative estimate of drug-likeness (QED) is 0.716. The van der Waals surface area contributed by atoms with Crippen molar-refractivity contribution in [3.8, 4) is 0 Å². The fraction of sp³-hybridized carbons (Fsp3) is 0.263. The third kappa shape index (κ3) is 3.43. The van der Waals surface area contributed by atoms with Gasteiger partial charge in [-0.25, -0.2) is 9.67 Å². The summed E-state index contributed by atoms with van der Waals surface area (Å²) >= 11 is 12.1. The van der Waals surface area contributed by atoms with Gasteiger partial charge in [0.2, 0.25) is 0 Å². The first-order valence-electron chi connectivity index (χ1n) is 7.90. The van der Waals surface area contributed by atoms with E-state index < -0.39 is 11.0 Å². The lowest BCUT2D eigenvalue weighted by atomic mass is 9.66. The highest BCUT2D eigenvalue weighted by molar-refractivity contribution is 6.30. The topological polar surface area (TPSA) is 50.9 Å². The van der Waals surface area contributed by atoms with E-state index >= 15 is 0 Å². The van der Waals surface area contributed by atoms with E-state index in [1.54, 1.807) is 23.1 Å². The van der Waals surface area contributed by atoms with Gasteiger partial charge < -0.3 is 5.11 Å². The molecule has 0 aliphatic rings. The summed E-state index contributed by atoms with van der Waals surface area (Å²) in [4.78, 5) is 3.98. The minimum Gasteiger partial charge on any atom is -0.382 e. The zero-order chi connectivity index (χ0) is 18.1. The molecule has 0 aliphatic heterocycles. The Kier molecular flexibility index (Phi) is 4.87. The summed E-state index contributed by atoms with van der Waals surface area (Å²) in [6.07, 6.45) is 3.05. The molecule has 0 saturated heterocycles. The van der Waals surface area contributed by atoms with E-state index in [0.29, 0.717) is 10.0 Å². The molecule has 3 aromatic rings. The van der Waals surface area contributed by atoms with Crippen LogP contribution in [-0.4, -0.2) is 19.9 Å². The Morgan fingerprint density at radius 3 is 1.92 bits per heavy atom. The van der Waals surface area contributed by atoms with Crippen LogP contribution in [0.2, 0.25) is 10.0 Å². The summed E-state index contributed by atoms with van der Waals surface area (Å²) in [5.41, 5.74) is -0.141. The predicted octanol–water partition coefficient (Wildman–Crippen LogP) is 4.45. The first-order valence-corrected chi connectivity index (χ1v) is 8.65. The Balaban J connectivity index is 2.12. The molecule has 0 saturated carbocycles. The molecule has 4 nitrogen and oxygen atoms in total. The van der Waals surface area contributed by atoms with Crippen LogP contribution >= 0.6 is 23.2 Å². The van der Waals surface area contributed by atoms with Crippen LogP contribution in [0.1, 0.15) is 25.0 Å². The van der Waals surface area contributed by atoms with Crippen LogP contribution in [0.3, 0.4) is 0 Å². The average Bonchev–Trinajstić information content (AvgIpc) is 3.08. The molecule has 0 spiro atoms. The molecule has 3 rings (SSSR count). The molecular weight excluding hydrogens is 357 g/mol. The second kappa shape index (κ2) is 6.79. The first kappa shape index (κ1) is 17.9. The molecule has 130 valence electrons. The molecule has 2 aromatic carbocycles. The van der Waals surface area contributed by atoms with Crippen LogP contribution in [0.15, 0.2) is 61.2 Å². The summed E-state index contributed by atoms with van der Waals surface area (Å²) in [7, 11) is 0. The second-order valence-electron chi connectivity index (χ2n) is 6.59. The van der Waals surface area contributed by atoms with Crippen LogP contribution in [-0.2, 0) is 17.6 Å². The number of benzene rings is 2. The van der Waals surface area contributed by atoms with Gasteiger partial charge in [0, 0.05) is 15.5 Å². The maximum Gasteiger partial charge on any atom is 0.137 e. The highest BCUT2D eigenvalue weighted by Gasteiger charge is 2.46. The van der Waals surface area contributed by atoms with Crippen LogP contribution in [0, 0.1) is 0 Å². The van der Waals surface area contributed by atoms with Crippen molar-refractivity contribution in [1.29, 1.82) is 0 Å². The summed E-state index contributed by atoms with van der Waals surface area (Å²) in [6.45, 7) is 4.26. The van der Waals surface area contributed by atoms with Gasteiger partial charge in [0.25, 0.3) is 0 Å². The Morgan fingerprint density at radius 2 is 1.44 bits per heavy atom. The van der Waals surface area contributed by atoms with Crippen molar-refractivity contribution in [1.82, 2.24) is 14.8 Å². The first-order chi connectivity index (χ1) is 11.8. The summed E-state index contributed by atoms with van der Waals surface area (Å²) in [5, 5.41) is 17.3. The third-order valence-electron chi connectivity index (χ3n) is 4.78. The van der Waals surface area contributed by atoms with Gasteiger partial charge in [-0.15, -0.1) is 0 Å². The molecule has 1 unspecified atom stereocenters. The standard InChI is InChI=1S/C19H19Cl2N3O/c1-18(2,14-3-7-16(20)8-4-14)19(25,11-24-13-22-12-23-24)15-5-9-17(21)10-6-15/h3-10,12-13,25H,11H2,1-2H3. The van der Waals surface area contributed by atoms with Crippen molar-refractivity contribution < 1.29 is 5.11 Å². The molecule has 1 heterocycles. The molecule has 6 heteroatoms. The molecule has 0 aliphatic carbocycles. The Bertz CT molecular complexity index is 830. The summed E-state index contributed by atoms with van der Waals surface area (Å²) in [6, 6.07) is 14.8. The van der Waals surface area contributed by atoms with Gasteiger partial charge >= 0.3 is 0 Å². The van der Waals surface area contributed by atoms with Crippen molar-refractivity contribution in [2.24, 2.45) is 0 Å². The maximum absolute atomic E-state index is 11.8. The maximum atomic E-state index is 11.8. The number of hydrogen-bond donors (Lipinski definition) is 1. The lowest BCUT2D eigenvalue weighted by Crippen LogP contribution is -2.48. The van der Waals surface area contributed by atoms with Crippen LogP contribution in [0.5, 0.6) is 0 Å². The summed E-state index contributed by atoms with van der Waals surface area (Å²) in [5.74, 6) is 0. The van der Waals surface area contributed by atoms with Crippen molar-refractivity contribution in [3.63, 3.8) is 0 Å². The molecule has 0 amide bonds. The zero-order valence-corrected chi connectivity index (χ0v) is 15.5. The van der Waals surface area contributed by atoms with Crippen molar-refractivity contribution in [2.45, 2.75) is 31.4 Å². The van der Waals surface area contributed by atoms with Gasteiger partial charge in [0.05, 0.1) is 6.54 Å². The minimum atomic E-state index is -1.24. The van der Waals surface area contributed by atoms with Gasteiger partial charge in [-0.1, -0.05) is 61.3 Å². The Morgan fingerprint density at radius 1 is 0.920 bits per heavy atom. The van der Waals surface area contributed by atoms with Crippen molar-refractivity contribution in [2.75, 3.05) is 0 Å². The van der Waals surface area contributed by atoms with E-state index in [0.717, 1.165) is 11.1 Å². The SMILES string of the molecule is CC(C)(c1ccc(Cl)cc1)C(O)(Cn1cncn1)c1ccc(Cl)cc1. The monoisotopic (exact) mass is 375 g/mol. The van der Waals surface area contributed by atoms with Crippen LogP contribution in [0.25, 0.3) is 0 Å². The highest BCUT2D eigenvalue weighted by Crippen LogP contribution is 2.43. The van der Waals surface area contributed by atoms with E-state index in [1.165, 1.54) is 6.33 Å². The number of rotatable bonds is 5. The molecule has 0 bridgehead atoms. The average molecular weight is 376 g/mol. The number of halogens is 2.